The molecule has 0 fully saturated rings. The van der Waals surface area contributed by atoms with E-state index in [2.05, 4.69) is 15.1 Å². The highest BCUT2D eigenvalue weighted by Crippen LogP contribution is 2.41. The molecule has 0 aromatic carbocycles. The Balaban J connectivity index is 2.13. The zero-order valence-electron chi connectivity index (χ0n) is 10.4. The zero-order valence-corrected chi connectivity index (χ0v) is 11.3. The van der Waals surface area contributed by atoms with Crippen LogP contribution in [0, 0.1) is 0 Å². The maximum absolute atomic E-state index is 11.6. The normalized spacial score (nSPS) is 14.0. The fraction of sp³-hybridized carbons (Fsp3) is 0.273. The van der Waals surface area contributed by atoms with E-state index in [0.29, 0.717) is 5.82 Å². The van der Waals surface area contributed by atoms with Crippen LogP contribution in [0.15, 0.2) is 36.9 Å². The summed E-state index contributed by atoms with van der Waals surface area (Å²) in [4.78, 5) is 17.7. The van der Waals surface area contributed by atoms with Gasteiger partial charge in [-0.2, -0.15) is 0 Å². The summed E-state index contributed by atoms with van der Waals surface area (Å²) in [6.45, 7) is 1.85. The molecule has 1 atom stereocenters. The van der Waals surface area contributed by atoms with Crippen molar-refractivity contribution in [2.24, 2.45) is 0 Å². The minimum Gasteiger partial charge on any atom is -0.320 e. The molecule has 0 saturated heterocycles. The van der Waals surface area contributed by atoms with E-state index in [9.17, 15) is 9.46 Å². The van der Waals surface area contributed by atoms with Gasteiger partial charge in [0.2, 0.25) is 0 Å². The van der Waals surface area contributed by atoms with Crippen molar-refractivity contribution in [1.29, 1.82) is 0 Å². The second-order valence-electron chi connectivity index (χ2n) is 3.72. The molecule has 2 rings (SSSR count). The highest BCUT2D eigenvalue weighted by Gasteiger charge is 2.26. The molecule has 100 valence electrons. The van der Waals surface area contributed by atoms with Crippen molar-refractivity contribution in [3.63, 3.8) is 0 Å². The van der Waals surface area contributed by atoms with Crippen LogP contribution in [0.4, 0.5) is 0 Å². The van der Waals surface area contributed by atoms with Crippen molar-refractivity contribution in [2.75, 3.05) is 6.61 Å². The van der Waals surface area contributed by atoms with Crippen LogP contribution in [0.5, 0.6) is 0 Å². The molecular weight excluding hydrogens is 267 g/mol. The molecule has 1 unspecified atom stereocenters. The molecule has 19 heavy (non-hydrogen) atoms. The fourth-order valence-corrected chi connectivity index (χ4v) is 2.49. The van der Waals surface area contributed by atoms with Gasteiger partial charge in [0, 0.05) is 24.0 Å². The molecule has 0 aliphatic heterocycles. The summed E-state index contributed by atoms with van der Waals surface area (Å²) in [6, 6.07) is 3.46. The minimum atomic E-state index is -3.63. The van der Waals surface area contributed by atoms with Gasteiger partial charge in [0.05, 0.1) is 6.61 Å². The number of hydrogen-bond donors (Lipinski definition) is 1. The molecule has 1 N–H and O–H groups in total. The van der Waals surface area contributed by atoms with Crippen LogP contribution < -0.4 is 4.68 Å². The highest BCUT2D eigenvalue weighted by atomic mass is 31.2. The summed E-state index contributed by atoms with van der Waals surface area (Å²) >= 11 is 0. The van der Waals surface area contributed by atoms with E-state index in [-0.39, 0.29) is 12.9 Å². The van der Waals surface area contributed by atoms with Crippen LogP contribution in [0.3, 0.4) is 0 Å². The molecule has 0 aliphatic rings. The predicted octanol–water partition coefficient (Wildman–Crippen LogP) is 1.01. The molecule has 0 radical (unpaired) electrons. The summed E-state index contributed by atoms with van der Waals surface area (Å²) in [7, 11) is -3.63. The van der Waals surface area contributed by atoms with Gasteiger partial charge in [0.25, 0.3) is 6.29 Å². The molecule has 2 aromatic rings. The summed E-state index contributed by atoms with van der Waals surface area (Å²) in [5, 5.41) is 4.05. The van der Waals surface area contributed by atoms with E-state index in [1.165, 1.54) is 4.68 Å². The van der Waals surface area contributed by atoms with E-state index in [1.807, 2.05) is 0 Å². The molecule has 0 aliphatic carbocycles. The first-order valence-electron chi connectivity index (χ1n) is 5.70. The first-order chi connectivity index (χ1) is 9.11. The summed E-state index contributed by atoms with van der Waals surface area (Å²) in [5.74, 6) is 0.555. The van der Waals surface area contributed by atoms with Crippen LogP contribution >= 0.6 is 7.60 Å². The smallest absolute Gasteiger partial charge is 0.320 e. The van der Waals surface area contributed by atoms with Crippen LogP contribution in [0.25, 0.3) is 11.4 Å². The van der Waals surface area contributed by atoms with Gasteiger partial charge in [0.1, 0.15) is 6.20 Å². The van der Waals surface area contributed by atoms with Gasteiger partial charge >= 0.3 is 7.60 Å². The van der Waals surface area contributed by atoms with Crippen molar-refractivity contribution in [3.05, 3.63) is 36.9 Å². The quantitative estimate of drug-likeness (QED) is 0.649. The maximum Gasteiger partial charge on any atom is 0.395 e. The minimum absolute atomic E-state index is 0.184. The topological polar surface area (TPSA) is 89.1 Å². The monoisotopic (exact) mass is 281 g/mol. The van der Waals surface area contributed by atoms with Crippen molar-refractivity contribution in [1.82, 2.24) is 15.1 Å². The average Bonchev–Trinajstić information content (AvgIpc) is 2.40. The third-order valence-electron chi connectivity index (χ3n) is 2.25. The first-order valence-corrected chi connectivity index (χ1v) is 7.46. The summed E-state index contributed by atoms with van der Waals surface area (Å²) < 4.78 is 17.7. The molecule has 2 heterocycles. The number of nitrogens with zero attached hydrogens (tertiary/aromatic N) is 4. The molecule has 2 aromatic heterocycles. The standard InChI is InChI=1S/C11H13N4O3P/c1-2-18-19(16,17)9-15-7-4-10(8-14-15)11-12-5-3-6-13-11/h3-8H,2,9H2,1H3/p+1. The Kier molecular flexibility index (Phi) is 4.31. The van der Waals surface area contributed by atoms with Gasteiger partial charge in [-0.15, -0.1) is 0 Å². The lowest BCUT2D eigenvalue weighted by atomic mass is 10.3. The maximum atomic E-state index is 11.6. The highest BCUT2D eigenvalue weighted by molar-refractivity contribution is 7.51. The molecule has 0 amide bonds. The number of hydrogen-bond acceptors (Lipinski definition) is 5. The molecular formula is C11H14N4O3P+. The van der Waals surface area contributed by atoms with Crippen molar-refractivity contribution >= 4 is 7.60 Å². The SMILES string of the molecule is CCOP(=O)(O)C[n+]1ccc(-c2ncccn2)cn1. The third kappa shape index (κ3) is 3.89. The molecule has 0 bridgehead atoms. The Labute approximate surface area is 110 Å². The van der Waals surface area contributed by atoms with Crippen molar-refractivity contribution in [2.45, 2.75) is 13.2 Å². The van der Waals surface area contributed by atoms with E-state index in [1.54, 1.807) is 43.8 Å². The lowest BCUT2D eigenvalue weighted by Gasteiger charge is -2.05. The Morgan fingerprint density at radius 2 is 2.16 bits per heavy atom. The van der Waals surface area contributed by atoms with E-state index in [4.69, 9.17) is 4.52 Å². The third-order valence-corrected chi connectivity index (χ3v) is 3.56. The largest absolute Gasteiger partial charge is 0.395 e. The van der Waals surface area contributed by atoms with E-state index < -0.39 is 7.60 Å². The predicted molar refractivity (Wildman–Crippen MR) is 66.9 cm³/mol. The summed E-state index contributed by atoms with van der Waals surface area (Å²) in [5.41, 5.74) is 0.737. The molecule has 0 spiro atoms. The van der Waals surface area contributed by atoms with Gasteiger partial charge in [-0.3, -0.25) is 4.57 Å². The van der Waals surface area contributed by atoms with E-state index >= 15 is 0 Å². The second-order valence-corrected chi connectivity index (χ2v) is 5.54. The molecule has 8 heteroatoms. The Morgan fingerprint density at radius 3 is 2.74 bits per heavy atom. The Hall–Kier alpha value is -1.69. The average molecular weight is 281 g/mol. The summed E-state index contributed by atoms with van der Waals surface area (Å²) in [6.07, 6.45) is 6.23. The number of rotatable bonds is 5. The molecule has 7 nitrogen and oxygen atoms in total. The lowest BCUT2D eigenvalue weighted by Crippen LogP contribution is -2.37. The van der Waals surface area contributed by atoms with Crippen LogP contribution in [-0.2, 0) is 15.4 Å². The van der Waals surface area contributed by atoms with E-state index in [0.717, 1.165) is 5.56 Å². The van der Waals surface area contributed by atoms with Crippen LogP contribution in [-0.4, -0.2) is 26.6 Å². The number of aromatic nitrogens is 4. The molecule has 0 saturated carbocycles. The lowest BCUT2D eigenvalue weighted by molar-refractivity contribution is -0.738. The Bertz CT molecular complexity index is 576. The Morgan fingerprint density at radius 1 is 1.42 bits per heavy atom. The van der Waals surface area contributed by atoms with Gasteiger partial charge in [0.15, 0.2) is 12.0 Å². The second kappa shape index (κ2) is 5.97. The fourth-order valence-electron chi connectivity index (χ4n) is 1.47. The zero-order chi connectivity index (χ0) is 13.7. The van der Waals surface area contributed by atoms with Gasteiger partial charge in [-0.1, -0.05) is 4.68 Å². The van der Waals surface area contributed by atoms with Gasteiger partial charge < -0.3 is 9.42 Å². The van der Waals surface area contributed by atoms with Crippen molar-refractivity contribution < 1.29 is 18.7 Å². The van der Waals surface area contributed by atoms with Crippen LogP contribution in [0.1, 0.15) is 6.92 Å². The van der Waals surface area contributed by atoms with Gasteiger partial charge in [-0.05, 0) is 18.1 Å². The van der Waals surface area contributed by atoms with Gasteiger partial charge in [-0.25, -0.2) is 9.97 Å². The van der Waals surface area contributed by atoms with Crippen LogP contribution in [0.2, 0.25) is 0 Å². The van der Waals surface area contributed by atoms with Crippen molar-refractivity contribution in [3.8, 4) is 11.4 Å². The first kappa shape index (κ1) is 13.7.